The first-order valence-corrected chi connectivity index (χ1v) is 35.0. The molecule has 0 aromatic heterocycles. The number of allylic oxidation sites excluding steroid dienone is 6. The maximum atomic E-state index is 12.7. The van der Waals surface area contributed by atoms with Gasteiger partial charge < -0.3 is 85.5 Å². The van der Waals surface area contributed by atoms with Crippen molar-refractivity contribution in [2.24, 2.45) is 0 Å². The Morgan fingerprint density at radius 2 is 0.917 bits per heavy atom. The summed E-state index contributed by atoms with van der Waals surface area (Å²) in [6.07, 6.45) is 10.8. The average molecular weight is 1400 g/mol. The molecule has 96 heavy (non-hydrogen) atoms. The van der Waals surface area contributed by atoms with Crippen molar-refractivity contribution in [3.63, 3.8) is 0 Å². The first-order chi connectivity index (χ1) is 46.4. The van der Waals surface area contributed by atoms with Crippen molar-refractivity contribution in [2.45, 2.75) is 66.6 Å². The van der Waals surface area contributed by atoms with E-state index < -0.39 is 55.5 Å². The van der Waals surface area contributed by atoms with Gasteiger partial charge in [0.05, 0.1) is 167 Å². The number of amides is 2. The maximum Gasteiger partial charge on any atom is 0.358 e. The number of fused-ring (bicyclic) bond motifs is 2. The Morgan fingerprint density at radius 1 is 0.500 bits per heavy atom. The highest BCUT2D eigenvalue weighted by atomic mass is 32.2. The summed E-state index contributed by atoms with van der Waals surface area (Å²) in [7, 11) is -4.41. The lowest BCUT2D eigenvalue weighted by molar-refractivity contribution is -0.442. The van der Waals surface area contributed by atoms with Crippen LogP contribution in [0.15, 0.2) is 82.3 Å². The number of methoxy groups -OCH3 is 3. The van der Waals surface area contributed by atoms with E-state index in [0.717, 1.165) is 17.1 Å². The predicted octanol–water partition coefficient (Wildman–Crippen LogP) is 4.24. The first-order valence-electron chi connectivity index (χ1n) is 32.2. The molecule has 3 heterocycles. The maximum absolute atomic E-state index is 12.7. The molecule has 5 rings (SSSR count). The van der Waals surface area contributed by atoms with Crippen LogP contribution in [0.2, 0.25) is 0 Å². The molecule has 0 bridgehead atoms. The van der Waals surface area contributed by atoms with Crippen LogP contribution in [-0.4, -0.2) is 285 Å². The highest BCUT2D eigenvalue weighted by molar-refractivity contribution is 7.86. The summed E-state index contributed by atoms with van der Waals surface area (Å²) in [5.41, 5.74) is 2.55. The van der Waals surface area contributed by atoms with E-state index in [4.69, 9.17) is 80.6 Å². The third kappa shape index (κ3) is 28.3. The Kier molecular flexibility index (Phi) is 38.7. The Hall–Kier alpha value is -5.08. The normalized spacial score (nSPS) is 17.8. The topological polar surface area (TPSA) is 326 Å². The van der Waals surface area contributed by atoms with Gasteiger partial charge in [-0.15, -0.1) is 5.06 Å². The number of hydrogen-bond donors (Lipinski definition) is 2. The highest BCUT2D eigenvalue weighted by Gasteiger charge is 2.48. The minimum atomic E-state index is -4.62. The largest absolute Gasteiger partial charge is 0.382 e. The number of anilines is 1. The molecule has 0 aliphatic carbocycles. The van der Waals surface area contributed by atoms with E-state index in [-0.39, 0.29) is 95.3 Å². The molecule has 31 heteroatoms. The van der Waals surface area contributed by atoms with Crippen molar-refractivity contribution in [3.8, 4) is 0 Å². The van der Waals surface area contributed by atoms with E-state index in [0.29, 0.717) is 167 Å². The van der Waals surface area contributed by atoms with E-state index in [1.165, 1.54) is 24.3 Å². The quantitative estimate of drug-likeness (QED) is 0.0307. The second-order valence-corrected chi connectivity index (χ2v) is 25.1. The van der Waals surface area contributed by atoms with Gasteiger partial charge in [0.1, 0.15) is 13.2 Å². The van der Waals surface area contributed by atoms with Crippen LogP contribution in [0.4, 0.5) is 11.4 Å². The van der Waals surface area contributed by atoms with Crippen molar-refractivity contribution >= 4 is 55.1 Å². The van der Waals surface area contributed by atoms with E-state index in [1.807, 2.05) is 44.2 Å². The molecule has 29 nitrogen and oxygen atoms in total. The van der Waals surface area contributed by atoms with Gasteiger partial charge in [0.25, 0.3) is 32.1 Å². The van der Waals surface area contributed by atoms with Crippen LogP contribution in [0.3, 0.4) is 0 Å². The summed E-state index contributed by atoms with van der Waals surface area (Å²) in [4.78, 5) is 41.6. The van der Waals surface area contributed by atoms with Gasteiger partial charge in [0.15, 0.2) is 12.3 Å². The Bertz CT molecular complexity index is 2990. The standard InChI is InChI=1S/C65H99N3O26S2/c1-64(18-24-82-35-40-90-47-44-86-31-28-78-3)55-50-53(95(72,73)74)12-14-57(55)66(20-26-84-37-42-89-39-34-81-22-9-23-93-52-63(71)94-68-61(69)16-17-62(68)70)59(64)10-7-6-8-11-60-65(2,19-25-83-36-41-91-48-45-87-32-29-79-4)56-51-54(96(75,76)77)13-15-58(56)67(60)21-27-85-38-43-92-49-46-88-33-30-80-5/h6-8,10-15,50-51H,9,16-49,52H2,1-5H3,(H-,72,73,74,75,76,77)/p+1. The lowest BCUT2D eigenvalue weighted by Crippen LogP contribution is -2.33. The molecule has 2 aromatic rings. The molecule has 0 radical (unpaired) electrons. The fraction of sp³-hybridized carbons (Fsp3) is 0.662. The summed E-state index contributed by atoms with van der Waals surface area (Å²) in [6.45, 7) is 13.8. The van der Waals surface area contributed by atoms with Crippen LogP contribution in [0, 0.1) is 0 Å². The highest BCUT2D eigenvalue weighted by Crippen LogP contribution is 2.51. The third-order valence-corrected chi connectivity index (χ3v) is 17.1. The molecule has 3 aliphatic rings. The smallest absolute Gasteiger partial charge is 0.358 e. The van der Waals surface area contributed by atoms with Crippen molar-refractivity contribution < 1.29 is 126 Å². The number of nitrogens with zero attached hydrogens (tertiary/aromatic N) is 3. The van der Waals surface area contributed by atoms with Crippen LogP contribution in [0.25, 0.3) is 0 Å². The molecule has 2 aromatic carbocycles. The number of ether oxygens (including phenoxy) is 16. The Balaban J connectivity index is 1.33. The Morgan fingerprint density at radius 3 is 1.41 bits per heavy atom. The van der Waals surface area contributed by atoms with Gasteiger partial charge in [-0.3, -0.25) is 18.7 Å². The zero-order chi connectivity index (χ0) is 69.3. The molecule has 0 spiro atoms. The SMILES string of the molecule is COCCOCCOCCOCC[N+]1=C(C=CC=CC=C2N(CCOCCOCCOCCCOCC(=O)ON3C(=O)CCC3=O)c3ccc(S(=O)(=O)O)cc3C2(C)CCOCCOCCOCCOC)C(C)(CCOCCOCCOCCOC)c2cc(S(=O)(=O)O)ccc21. The third-order valence-electron chi connectivity index (χ3n) is 15.4. The summed E-state index contributed by atoms with van der Waals surface area (Å²) in [6, 6.07) is 9.08. The number of hydrogen-bond acceptors (Lipinski definition) is 25. The van der Waals surface area contributed by atoms with Gasteiger partial charge in [-0.2, -0.15) is 21.4 Å². The molecule has 0 saturated carbocycles. The lowest BCUT2D eigenvalue weighted by Gasteiger charge is -2.30. The second kappa shape index (κ2) is 45.6. The number of carbonyl (C=O) groups is 3. The zero-order valence-electron chi connectivity index (χ0n) is 56.2. The van der Waals surface area contributed by atoms with E-state index in [1.54, 1.807) is 33.5 Å². The van der Waals surface area contributed by atoms with Crippen LogP contribution >= 0.6 is 0 Å². The summed E-state index contributed by atoms with van der Waals surface area (Å²) in [5.74, 6) is -1.99. The zero-order valence-corrected chi connectivity index (χ0v) is 57.8. The second-order valence-electron chi connectivity index (χ2n) is 22.2. The predicted molar refractivity (Wildman–Crippen MR) is 348 cm³/mol. The van der Waals surface area contributed by atoms with Crippen LogP contribution in [0.5, 0.6) is 0 Å². The molecule has 1 saturated heterocycles. The Labute approximate surface area is 564 Å². The molecule has 542 valence electrons. The van der Waals surface area contributed by atoms with E-state index >= 15 is 0 Å². The van der Waals surface area contributed by atoms with Crippen molar-refractivity contribution in [3.05, 3.63) is 83.6 Å². The number of rotatable bonds is 57. The molecular weight excluding hydrogens is 1300 g/mol. The minimum Gasteiger partial charge on any atom is -0.382 e. The molecule has 2 amide bonds. The summed E-state index contributed by atoms with van der Waals surface area (Å²) >= 11 is 0. The minimum absolute atomic E-state index is 0.00251. The molecule has 3 aliphatic heterocycles. The number of benzene rings is 2. The summed E-state index contributed by atoms with van der Waals surface area (Å²) < 4.78 is 163. The number of hydroxylamine groups is 2. The molecule has 2 N–H and O–H groups in total. The van der Waals surface area contributed by atoms with Crippen molar-refractivity contribution in [2.75, 3.05) is 231 Å². The van der Waals surface area contributed by atoms with Gasteiger partial charge in [0, 0.05) is 102 Å². The molecule has 2 atom stereocenters. The van der Waals surface area contributed by atoms with Crippen molar-refractivity contribution in [1.82, 2.24) is 5.06 Å². The van der Waals surface area contributed by atoms with Gasteiger partial charge in [-0.05, 0) is 75.1 Å². The summed E-state index contributed by atoms with van der Waals surface area (Å²) in [5, 5.41) is 0.470. The van der Waals surface area contributed by atoms with Gasteiger partial charge in [-0.25, -0.2) is 4.79 Å². The van der Waals surface area contributed by atoms with Gasteiger partial charge in [-0.1, -0.05) is 18.2 Å². The number of imide groups is 1. The lowest BCUT2D eigenvalue weighted by atomic mass is 9.76. The molecular formula is C65H100N3O26S2+. The molecule has 2 unspecified atom stereocenters. The van der Waals surface area contributed by atoms with Gasteiger partial charge >= 0.3 is 5.97 Å². The van der Waals surface area contributed by atoms with Crippen LogP contribution in [0.1, 0.15) is 57.1 Å². The first kappa shape index (κ1) is 81.6. The van der Waals surface area contributed by atoms with E-state index in [2.05, 4.69) is 9.48 Å². The fourth-order valence-electron chi connectivity index (χ4n) is 10.4. The number of carbonyl (C=O) groups excluding carboxylic acids is 3. The van der Waals surface area contributed by atoms with Crippen LogP contribution in [-0.2, 0) is 126 Å². The van der Waals surface area contributed by atoms with E-state index in [9.17, 15) is 40.3 Å². The molecule has 1 fully saturated rings. The van der Waals surface area contributed by atoms with Gasteiger partial charge in [0.2, 0.25) is 5.69 Å². The monoisotopic (exact) mass is 1400 g/mol. The fourth-order valence-corrected chi connectivity index (χ4v) is 11.4. The van der Waals surface area contributed by atoms with Crippen molar-refractivity contribution in [1.29, 1.82) is 0 Å². The average Bonchev–Trinajstić information content (AvgIpc) is 1.57. The van der Waals surface area contributed by atoms with Crippen LogP contribution < -0.4 is 4.90 Å².